The minimum absolute atomic E-state index is 0.593. The zero-order valence-electron chi connectivity index (χ0n) is 19.0. The molecular formula is C27H29N2+. The van der Waals surface area contributed by atoms with E-state index in [0.29, 0.717) is 12.0 Å². The van der Waals surface area contributed by atoms with E-state index < -0.39 is 0 Å². The number of fused-ring (bicyclic) bond motifs is 1. The highest BCUT2D eigenvalue weighted by Gasteiger charge is 2.20. The summed E-state index contributed by atoms with van der Waals surface area (Å²) in [5.74, 6) is 0.593. The van der Waals surface area contributed by atoms with Crippen molar-refractivity contribution in [3.05, 3.63) is 83.8 Å². The van der Waals surface area contributed by atoms with Crippen molar-refractivity contribution >= 4 is 10.8 Å². The molecule has 0 aliphatic heterocycles. The normalized spacial score (nSPS) is 11.9. The third-order valence-corrected chi connectivity index (χ3v) is 5.62. The predicted octanol–water partition coefficient (Wildman–Crippen LogP) is 6.21. The van der Waals surface area contributed by atoms with Crippen LogP contribution >= 0.6 is 0 Å². The van der Waals surface area contributed by atoms with E-state index in [2.05, 4.69) is 79.8 Å². The van der Waals surface area contributed by atoms with Crippen molar-refractivity contribution in [2.45, 2.75) is 34.1 Å². The molecule has 0 aliphatic carbocycles. The molecule has 2 heterocycles. The molecule has 0 amide bonds. The summed E-state index contributed by atoms with van der Waals surface area (Å²) in [7, 11) is 2.07. The first-order valence-electron chi connectivity index (χ1n) is 10.8. The summed E-state index contributed by atoms with van der Waals surface area (Å²) in [5.41, 5.74) is 8.13. The molecule has 0 saturated heterocycles. The number of hydrogen-bond acceptors (Lipinski definition) is 1. The molecule has 146 valence electrons. The van der Waals surface area contributed by atoms with Crippen LogP contribution < -0.4 is 4.57 Å². The van der Waals surface area contributed by atoms with Gasteiger partial charge in [-0.15, -0.1) is 0 Å². The first-order valence-corrected chi connectivity index (χ1v) is 10.3. The van der Waals surface area contributed by atoms with Gasteiger partial charge in [-0.3, -0.25) is 4.98 Å². The summed E-state index contributed by atoms with van der Waals surface area (Å²) in [6.07, 6.45) is 4.74. The molecule has 0 bridgehead atoms. The lowest BCUT2D eigenvalue weighted by Gasteiger charge is -2.13. The summed E-state index contributed by atoms with van der Waals surface area (Å²) in [5, 5.41) is 2.16. The summed E-state index contributed by atoms with van der Waals surface area (Å²) in [6, 6.07) is 17.9. The maximum atomic E-state index is 8.77. The second-order valence-electron chi connectivity index (χ2n) is 8.37. The van der Waals surface area contributed by atoms with E-state index in [1.54, 1.807) is 6.20 Å². The fourth-order valence-corrected chi connectivity index (χ4v) is 4.04. The van der Waals surface area contributed by atoms with Crippen molar-refractivity contribution in [2.75, 3.05) is 0 Å². The van der Waals surface area contributed by atoms with Crippen molar-refractivity contribution in [3.8, 4) is 22.4 Å². The van der Waals surface area contributed by atoms with E-state index in [-0.39, 0.29) is 0 Å². The molecule has 0 spiro atoms. The Morgan fingerprint density at radius 2 is 1.86 bits per heavy atom. The van der Waals surface area contributed by atoms with Gasteiger partial charge in [0.05, 0.1) is 12.3 Å². The largest absolute Gasteiger partial charge is 0.264 e. The molecule has 0 radical (unpaired) electrons. The molecule has 2 aromatic carbocycles. The Labute approximate surface area is 175 Å². The Kier molecular flexibility index (Phi) is 4.85. The molecule has 0 aliphatic rings. The minimum atomic E-state index is 0.593. The van der Waals surface area contributed by atoms with Gasteiger partial charge in [0.15, 0.2) is 5.69 Å². The SMILES string of the molecule is [2H]c1c(C)[n+](C)c(-c2cc(-c3cccnc3)ccc2C)c2ccc(CC(C)C)cc12. The van der Waals surface area contributed by atoms with Crippen molar-refractivity contribution in [3.63, 3.8) is 0 Å². The second-order valence-corrected chi connectivity index (χ2v) is 8.37. The molecule has 0 N–H and O–H groups in total. The van der Waals surface area contributed by atoms with Crippen molar-refractivity contribution in [1.29, 1.82) is 0 Å². The van der Waals surface area contributed by atoms with Gasteiger partial charge >= 0.3 is 0 Å². The van der Waals surface area contributed by atoms with Gasteiger partial charge in [0.25, 0.3) is 0 Å². The van der Waals surface area contributed by atoms with E-state index in [1.807, 2.05) is 19.2 Å². The number of benzene rings is 2. The summed E-state index contributed by atoms with van der Waals surface area (Å²) in [4.78, 5) is 4.28. The maximum Gasteiger partial charge on any atom is 0.220 e. The fourth-order valence-electron chi connectivity index (χ4n) is 4.04. The highest BCUT2D eigenvalue weighted by atomic mass is 14.9. The fraction of sp³-hybridized carbons (Fsp3) is 0.259. The molecule has 0 saturated carbocycles. The Balaban J connectivity index is 1.99. The Morgan fingerprint density at radius 3 is 2.59 bits per heavy atom. The van der Waals surface area contributed by atoms with E-state index in [9.17, 15) is 0 Å². The predicted molar refractivity (Wildman–Crippen MR) is 122 cm³/mol. The van der Waals surface area contributed by atoms with E-state index >= 15 is 0 Å². The van der Waals surface area contributed by atoms with Crippen molar-refractivity contribution in [1.82, 2.24) is 4.98 Å². The monoisotopic (exact) mass is 382 g/mol. The van der Waals surface area contributed by atoms with Crippen LogP contribution in [-0.2, 0) is 13.5 Å². The second kappa shape index (κ2) is 7.79. The standard InChI is InChI=1S/C27H29N2/c1-18(2)13-21-9-11-25-24(15-21)14-20(4)29(5)27(25)26-16-22(10-8-19(26)3)23-7-6-12-28-17-23/h6-12,14-18H,13H2,1-5H3/q+1/i14D. The highest BCUT2D eigenvalue weighted by molar-refractivity contribution is 5.95. The number of aryl methyl sites for hydroxylation is 1. The topological polar surface area (TPSA) is 16.8 Å². The van der Waals surface area contributed by atoms with Crippen LogP contribution in [0.5, 0.6) is 0 Å². The summed E-state index contributed by atoms with van der Waals surface area (Å²) >= 11 is 0. The molecular weight excluding hydrogens is 352 g/mol. The van der Waals surface area contributed by atoms with Crippen LogP contribution in [0.4, 0.5) is 0 Å². The van der Waals surface area contributed by atoms with Crippen LogP contribution in [0, 0.1) is 19.8 Å². The van der Waals surface area contributed by atoms with E-state index in [1.165, 1.54) is 16.7 Å². The molecule has 29 heavy (non-hydrogen) atoms. The van der Waals surface area contributed by atoms with Gasteiger partial charge in [-0.1, -0.05) is 44.2 Å². The average molecular weight is 383 g/mol. The first-order chi connectivity index (χ1) is 14.4. The maximum absolute atomic E-state index is 8.77. The van der Waals surface area contributed by atoms with Crippen molar-refractivity contribution < 1.29 is 5.94 Å². The van der Waals surface area contributed by atoms with Gasteiger partial charge < -0.3 is 0 Å². The van der Waals surface area contributed by atoms with Crippen LogP contribution in [0.3, 0.4) is 0 Å². The molecule has 2 nitrogen and oxygen atoms in total. The first kappa shape index (κ1) is 18.1. The quantitative estimate of drug-likeness (QED) is 0.384. The van der Waals surface area contributed by atoms with E-state index in [4.69, 9.17) is 1.37 Å². The van der Waals surface area contributed by atoms with E-state index in [0.717, 1.165) is 39.7 Å². The lowest BCUT2D eigenvalue weighted by molar-refractivity contribution is -0.665. The van der Waals surface area contributed by atoms with Crippen LogP contribution in [0.2, 0.25) is 0 Å². The lowest BCUT2D eigenvalue weighted by Crippen LogP contribution is -2.35. The smallest absolute Gasteiger partial charge is 0.220 e. The Morgan fingerprint density at radius 1 is 1.03 bits per heavy atom. The van der Waals surface area contributed by atoms with Gasteiger partial charge in [-0.25, -0.2) is 0 Å². The van der Waals surface area contributed by atoms with Gasteiger partial charge in [0.2, 0.25) is 5.69 Å². The molecule has 2 heteroatoms. The van der Waals surface area contributed by atoms with Crippen LogP contribution in [0.25, 0.3) is 33.2 Å². The number of rotatable bonds is 4. The highest BCUT2D eigenvalue weighted by Crippen LogP contribution is 2.32. The summed E-state index contributed by atoms with van der Waals surface area (Å²) < 4.78 is 10.9. The molecule has 0 fully saturated rings. The van der Waals surface area contributed by atoms with Crippen LogP contribution in [0.15, 0.2) is 67.0 Å². The third kappa shape index (κ3) is 3.80. The van der Waals surface area contributed by atoms with Crippen LogP contribution in [0.1, 0.15) is 32.0 Å². The molecule has 2 aromatic heterocycles. The Hall–Kier alpha value is -3.00. The van der Waals surface area contributed by atoms with Gasteiger partial charge in [-0.2, -0.15) is 4.57 Å². The molecule has 0 atom stereocenters. The lowest BCUT2D eigenvalue weighted by atomic mass is 9.93. The van der Waals surface area contributed by atoms with Gasteiger partial charge in [0.1, 0.15) is 7.05 Å². The zero-order valence-corrected chi connectivity index (χ0v) is 18.0. The Bertz CT molecular complexity index is 1230. The molecule has 0 unspecified atom stereocenters. The van der Waals surface area contributed by atoms with Crippen LogP contribution in [-0.4, -0.2) is 4.98 Å². The number of aromatic nitrogens is 2. The number of nitrogens with zero attached hydrogens (tertiary/aromatic N) is 2. The number of pyridine rings is 2. The summed E-state index contributed by atoms with van der Waals surface area (Å²) in [6.45, 7) is 8.67. The van der Waals surface area contributed by atoms with Gasteiger partial charge in [-0.05, 0) is 59.5 Å². The average Bonchev–Trinajstić information content (AvgIpc) is 2.74. The minimum Gasteiger partial charge on any atom is -0.264 e. The van der Waals surface area contributed by atoms with Crippen molar-refractivity contribution in [2.24, 2.45) is 13.0 Å². The molecule has 4 rings (SSSR count). The molecule has 4 aromatic rings. The zero-order chi connectivity index (χ0) is 21.4. The van der Waals surface area contributed by atoms with Gasteiger partial charge in [0, 0.05) is 30.9 Å². The third-order valence-electron chi connectivity index (χ3n) is 5.62. The number of hydrogen-bond donors (Lipinski definition) is 0.